The molecule has 0 spiro atoms. The van der Waals surface area contributed by atoms with Crippen LogP contribution in [0.4, 0.5) is 0 Å². The van der Waals surface area contributed by atoms with Gasteiger partial charge in [0.2, 0.25) is 0 Å². The number of rotatable bonds is 5. The van der Waals surface area contributed by atoms with Gasteiger partial charge in [-0.1, -0.05) is 36.4 Å². The maximum Gasteiger partial charge on any atom is 0.113 e. The summed E-state index contributed by atoms with van der Waals surface area (Å²) in [6, 6.07) is 15.9. The molecule has 1 aromatic heterocycles. The van der Waals surface area contributed by atoms with Crippen molar-refractivity contribution in [1.29, 1.82) is 0 Å². The van der Waals surface area contributed by atoms with E-state index in [1.807, 2.05) is 24.3 Å². The highest BCUT2D eigenvalue weighted by Gasteiger charge is 2.44. The number of thiophene rings is 1. The molecule has 154 valence electrons. The third kappa shape index (κ3) is 3.95. The zero-order valence-corrected chi connectivity index (χ0v) is 16.5. The lowest BCUT2D eigenvalue weighted by Crippen LogP contribution is -2.55. The van der Waals surface area contributed by atoms with Crippen LogP contribution in [0.5, 0.6) is 0 Å². The number of aliphatic hydroxyl groups excluding tert-OH is 5. The van der Waals surface area contributed by atoms with Gasteiger partial charge in [-0.2, -0.15) is 0 Å². The molecule has 1 saturated heterocycles. The molecule has 5 atom stereocenters. The molecule has 6 nitrogen and oxygen atoms in total. The van der Waals surface area contributed by atoms with E-state index in [9.17, 15) is 25.5 Å². The molecule has 2 heterocycles. The van der Waals surface area contributed by atoms with E-state index in [1.165, 1.54) is 15.0 Å². The molecule has 0 aliphatic carbocycles. The van der Waals surface area contributed by atoms with Crippen molar-refractivity contribution in [2.45, 2.75) is 43.5 Å². The van der Waals surface area contributed by atoms with Crippen LogP contribution < -0.4 is 0 Å². The van der Waals surface area contributed by atoms with Gasteiger partial charge in [0.1, 0.15) is 30.5 Å². The number of hydrogen-bond acceptors (Lipinski definition) is 7. The summed E-state index contributed by atoms with van der Waals surface area (Å²) in [4.78, 5) is 1.18. The minimum atomic E-state index is -1.45. The van der Waals surface area contributed by atoms with E-state index in [2.05, 4.69) is 18.2 Å². The number of ether oxygens (including phenoxy) is 1. The molecular weight excluding hydrogens is 392 g/mol. The third-order valence-electron chi connectivity index (χ3n) is 5.43. The number of benzene rings is 2. The summed E-state index contributed by atoms with van der Waals surface area (Å²) in [5, 5.41) is 51.0. The van der Waals surface area contributed by atoms with Crippen molar-refractivity contribution < 1.29 is 30.3 Å². The van der Waals surface area contributed by atoms with Gasteiger partial charge in [0, 0.05) is 16.0 Å². The van der Waals surface area contributed by atoms with Crippen LogP contribution in [0.1, 0.15) is 27.7 Å². The monoisotopic (exact) mass is 416 g/mol. The highest BCUT2D eigenvalue weighted by Crippen LogP contribution is 2.35. The van der Waals surface area contributed by atoms with E-state index in [0.717, 1.165) is 5.56 Å². The molecule has 0 saturated carbocycles. The number of hydrogen-bond donors (Lipinski definition) is 5. The van der Waals surface area contributed by atoms with Gasteiger partial charge >= 0.3 is 0 Å². The molecule has 2 aromatic carbocycles. The average molecular weight is 416 g/mol. The second-order valence-electron chi connectivity index (χ2n) is 7.37. The van der Waals surface area contributed by atoms with Crippen molar-refractivity contribution in [1.82, 2.24) is 0 Å². The van der Waals surface area contributed by atoms with Crippen LogP contribution in [0.2, 0.25) is 0 Å². The molecule has 1 fully saturated rings. The predicted octanol–water partition coefficient (Wildman–Crippen LogP) is 1.50. The first-order chi connectivity index (χ1) is 14.0. The lowest BCUT2D eigenvalue weighted by Gasteiger charge is -2.40. The van der Waals surface area contributed by atoms with Crippen LogP contribution in [0, 0.1) is 0 Å². The van der Waals surface area contributed by atoms with Crippen molar-refractivity contribution in [3.63, 3.8) is 0 Å². The van der Waals surface area contributed by atoms with Crippen LogP contribution in [-0.4, -0.2) is 56.6 Å². The molecule has 0 unspecified atom stereocenters. The van der Waals surface area contributed by atoms with Crippen molar-refractivity contribution >= 4 is 21.4 Å². The lowest BCUT2D eigenvalue weighted by molar-refractivity contribution is -0.232. The molecule has 7 heteroatoms. The fraction of sp³-hybridized carbons (Fsp3) is 0.364. The molecule has 1 aliphatic rings. The number of fused-ring (bicyclic) bond motifs is 1. The van der Waals surface area contributed by atoms with E-state index in [-0.39, 0.29) is 6.61 Å². The molecule has 0 bridgehead atoms. The molecular formula is C22H24O6S. The maximum absolute atomic E-state index is 10.5. The van der Waals surface area contributed by atoms with Crippen molar-refractivity contribution in [2.24, 2.45) is 0 Å². The Balaban J connectivity index is 1.66. The van der Waals surface area contributed by atoms with Crippen LogP contribution in [0.3, 0.4) is 0 Å². The van der Waals surface area contributed by atoms with Gasteiger partial charge < -0.3 is 30.3 Å². The van der Waals surface area contributed by atoms with Gasteiger partial charge in [0.15, 0.2) is 0 Å². The summed E-state index contributed by atoms with van der Waals surface area (Å²) in [5.41, 5.74) is 2.08. The van der Waals surface area contributed by atoms with Crippen LogP contribution in [-0.2, 0) is 17.8 Å². The van der Waals surface area contributed by atoms with Crippen molar-refractivity contribution in [3.05, 3.63) is 70.1 Å². The quantitative estimate of drug-likeness (QED) is 0.431. The minimum Gasteiger partial charge on any atom is -0.394 e. The Morgan fingerprint density at radius 1 is 0.897 bits per heavy atom. The van der Waals surface area contributed by atoms with Gasteiger partial charge in [-0.3, -0.25) is 0 Å². The second kappa shape index (κ2) is 8.49. The van der Waals surface area contributed by atoms with Crippen LogP contribution in [0.15, 0.2) is 48.5 Å². The highest BCUT2D eigenvalue weighted by atomic mass is 32.1. The van der Waals surface area contributed by atoms with E-state index < -0.39 is 37.1 Å². The summed E-state index contributed by atoms with van der Waals surface area (Å²) in [5.74, 6) is 0. The summed E-state index contributed by atoms with van der Waals surface area (Å²) >= 11 is 1.71. The van der Waals surface area contributed by atoms with Gasteiger partial charge in [0.05, 0.1) is 13.2 Å². The predicted molar refractivity (Wildman–Crippen MR) is 110 cm³/mol. The standard InChI is InChI=1S/C22H24O6S/c23-10-14-6-5-12(7-15-9-13-3-1-2-4-18(13)29-15)8-16(14)22-21(27)20(26)19(25)17(11-24)28-22/h1-6,8-9,17,19-27H,7,10-11H2/t17-,19-,20+,21-,22+/m1/s1. The molecule has 29 heavy (non-hydrogen) atoms. The molecule has 0 radical (unpaired) electrons. The summed E-state index contributed by atoms with van der Waals surface area (Å²) in [6.45, 7) is -0.745. The van der Waals surface area contributed by atoms with Gasteiger partial charge in [-0.25, -0.2) is 0 Å². The van der Waals surface area contributed by atoms with E-state index in [0.29, 0.717) is 17.5 Å². The SMILES string of the molecule is OCc1ccc(Cc2cc3ccccc3s2)cc1[C@@H]1O[C@H](CO)[C@@H](O)[C@H](O)[C@H]1O. The Labute approximate surface area is 172 Å². The first-order valence-electron chi connectivity index (χ1n) is 9.52. The lowest BCUT2D eigenvalue weighted by atomic mass is 9.88. The van der Waals surface area contributed by atoms with Crippen LogP contribution in [0.25, 0.3) is 10.1 Å². The largest absolute Gasteiger partial charge is 0.394 e. The summed E-state index contributed by atoms with van der Waals surface area (Å²) in [6.07, 6.45) is -5.52. The Hall–Kier alpha value is -1.84. The normalized spacial score (nSPS) is 27.4. The summed E-state index contributed by atoms with van der Waals surface area (Å²) < 4.78 is 6.91. The maximum atomic E-state index is 10.5. The van der Waals surface area contributed by atoms with Crippen molar-refractivity contribution in [2.75, 3.05) is 6.61 Å². The Morgan fingerprint density at radius 3 is 2.41 bits per heavy atom. The fourth-order valence-electron chi connectivity index (χ4n) is 3.85. The molecule has 4 rings (SSSR count). The van der Waals surface area contributed by atoms with Gasteiger partial charge in [0.25, 0.3) is 0 Å². The van der Waals surface area contributed by atoms with E-state index in [4.69, 9.17) is 4.74 Å². The highest BCUT2D eigenvalue weighted by molar-refractivity contribution is 7.19. The van der Waals surface area contributed by atoms with E-state index >= 15 is 0 Å². The van der Waals surface area contributed by atoms with Crippen LogP contribution >= 0.6 is 11.3 Å². The topological polar surface area (TPSA) is 110 Å². The van der Waals surface area contributed by atoms with Crippen molar-refractivity contribution in [3.8, 4) is 0 Å². The smallest absolute Gasteiger partial charge is 0.113 e. The zero-order chi connectivity index (χ0) is 20.5. The molecule has 5 N–H and O–H groups in total. The van der Waals surface area contributed by atoms with E-state index in [1.54, 1.807) is 17.4 Å². The molecule has 0 amide bonds. The molecule has 3 aromatic rings. The Morgan fingerprint density at radius 2 is 1.69 bits per heavy atom. The molecule has 1 aliphatic heterocycles. The Kier molecular flexibility index (Phi) is 5.98. The Bertz CT molecular complexity index is 951. The average Bonchev–Trinajstić information content (AvgIpc) is 3.14. The third-order valence-corrected chi connectivity index (χ3v) is 6.55. The number of aliphatic hydroxyl groups is 5. The zero-order valence-electron chi connectivity index (χ0n) is 15.7. The van der Waals surface area contributed by atoms with Gasteiger partial charge in [-0.05, 0) is 34.2 Å². The summed E-state index contributed by atoms with van der Waals surface area (Å²) in [7, 11) is 0. The van der Waals surface area contributed by atoms with Gasteiger partial charge in [-0.15, -0.1) is 11.3 Å². The first-order valence-corrected chi connectivity index (χ1v) is 10.3. The first kappa shape index (κ1) is 20.4. The second-order valence-corrected chi connectivity index (χ2v) is 8.54. The fourth-order valence-corrected chi connectivity index (χ4v) is 4.95. The minimum absolute atomic E-state index is 0.256.